The number of ether oxygens (including phenoxy) is 1. The number of rotatable bonds is 16. The van der Waals surface area contributed by atoms with Gasteiger partial charge in [-0.05, 0) is 64.1 Å². The van der Waals surface area contributed by atoms with Crippen LogP contribution in [0.5, 0.6) is 0 Å². The average molecular weight is 1030 g/mol. The molecule has 0 radical (unpaired) electrons. The van der Waals surface area contributed by atoms with E-state index in [9.17, 15) is 48.1 Å². The molecule has 1 saturated heterocycles. The van der Waals surface area contributed by atoms with Crippen LogP contribution in [-0.4, -0.2) is 140 Å². The van der Waals surface area contributed by atoms with Gasteiger partial charge in [0.2, 0.25) is 5.91 Å². The molecule has 6 atom stereocenters. The van der Waals surface area contributed by atoms with Gasteiger partial charge in [0.15, 0.2) is 11.9 Å². The standard InChI is InChI=1S/C44H54N7O16P3/c1-44(2)33-22-27(48(3)4)16-18-31(33)37(32-19-17-28(49(5)6)23-34(32)44)29-13-8-9-14-30(29)41(55)50(7)21-11-15-36(52)46-20-10-12-26-24-51(43(56)47-40(26)45)42-39(54)38(53)35(65-42)25-64-69(60,61)67-70(62,63)66-68(57,58)59/h8-9,13-14,16-19,22-24,35,38-39,42,53-54H,11,15,20-21,25H2,1-7H3,(H6-,45,46,47,52,56,57,58,59,60,61,62,63)/p+1/t35-,38-,39-,42-/m1/s1. The van der Waals surface area contributed by atoms with Crippen molar-refractivity contribution in [3.05, 3.63) is 116 Å². The second-order valence-corrected chi connectivity index (χ2v) is 21.8. The Bertz CT molecular complexity index is 2980. The number of allylic oxidation sites excluding steroid dienone is 5. The number of carbonyl (C=O) groups is 2. The fourth-order valence-corrected chi connectivity index (χ4v) is 11.1. The van der Waals surface area contributed by atoms with E-state index in [2.05, 4.69) is 95.0 Å². The van der Waals surface area contributed by atoms with Gasteiger partial charge in [-0.15, -0.1) is 0 Å². The second-order valence-electron chi connectivity index (χ2n) is 17.4. The maximum atomic E-state index is 14.3. The number of fused-ring (bicyclic) bond motifs is 2. The zero-order chi connectivity index (χ0) is 51.7. The van der Waals surface area contributed by atoms with Crippen LogP contribution in [0.4, 0.5) is 11.5 Å². The summed E-state index contributed by atoms with van der Waals surface area (Å²) in [6, 6.07) is 14.0. The quantitative estimate of drug-likeness (QED) is 0.0579. The van der Waals surface area contributed by atoms with Crippen molar-refractivity contribution < 1.29 is 75.5 Å². The Morgan fingerprint density at radius 1 is 0.986 bits per heavy atom. The predicted octanol–water partition coefficient (Wildman–Crippen LogP) is 2.18. The first-order valence-electron chi connectivity index (χ1n) is 21.4. The molecule has 1 aliphatic heterocycles. The molecule has 0 saturated carbocycles. The van der Waals surface area contributed by atoms with Crippen molar-refractivity contribution in [3.8, 4) is 11.8 Å². The lowest BCUT2D eigenvalue weighted by Crippen LogP contribution is -2.36. The molecule has 3 aromatic rings. The molecule has 1 aromatic heterocycles. The minimum absolute atomic E-state index is 0.0492. The van der Waals surface area contributed by atoms with Crippen LogP contribution in [0.2, 0.25) is 0 Å². The first-order chi connectivity index (χ1) is 32.6. The van der Waals surface area contributed by atoms with Gasteiger partial charge in [-0.2, -0.15) is 13.6 Å². The van der Waals surface area contributed by atoms with E-state index < -0.39 is 60.3 Å². The van der Waals surface area contributed by atoms with E-state index in [-0.39, 0.29) is 48.1 Å². The number of nitrogens with one attached hydrogen (secondary N) is 1. The molecule has 0 bridgehead atoms. The van der Waals surface area contributed by atoms with Crippen LogP contribution in [0.25, 0.3) is 5.57 Å². The van der Waals surface area contributed by atoms with E-state index in [1.165, 1.54) is 0 Å². The highest BCUT2D eigenvalue weighted by Gasteiger charge is 2.47. The first kappa shape index (κ1) is 53.9. The summed E-state index contributed by atoms with van der Waals surface area (Å²) >= 11 is 0. The Hall–Kier alpha value is -5.40. The molecular formula is C44H55N7O16P3+. The van der Waals surface area contributed by atoms with Gasteiger partial charge in [0.1, 0.15) is 38.2 Å². The number of phosphoric ester groups is 1. The molecular weight excluding hydrogens is 975 g/mol. The molecule has 2 amide bonds. The van der Waals surface area contributed by atoms with Crippen LogP contribution in [0.3, 0.4) is 0 Å². The molecule has 26 heteroatoms. The SMILES string of the molecule is CN(CCCC(=O)NCC#Cc1cn([C@@H]2O[C@H](COP(=O)(O)OP(=O)(O)OP(=O)(O)O)[C@@H](O)[C@H]2O)c(=O)nc1N)C(=O)c1ccccc1C1=C2C=CC(=[N+](C)C)C=C2C(C)(C)c2cc(N(C)C)ccc21. The van der Waals surface area contributed by atoms with E-state index in [4.69, 9.17) is 20.3 Å². The lowest BCUT2D eigenvalue weighted by Gasteiger charge is -2.39. The molecule has 376 valence electrons. The Morgan fingerprint density at radius 2 is 1.69 bits per heavy atom. The van der Waals surface area contributed by atoms with Crippen molar-refractivity contribution in [2.45, 2.75) is 56.6 Å². The van der Waals surface area contributed by atoms with Crippen LogP contribution in [-0.2, 0) is 41.8 Å². The molecule has 70 heavy (non-hydrogen) atoms. The fourth-order valence-electron chi connectivity index (χ4n) is 8.04. The lowest BCUT2D eigenvalue weighted by molar-refractivity contribution is -0.462. The Balaban J connectivity index is 1.08. The highest BCUT2D eigenvalue weighted by atomic mass is 31.3. The number of benzene rings is 2. The number of hydrogen-bond donors (Lipinski definition) is 8. The van der Waals surface area contributed by atoms with Crippen molar-refractivity contribution in [2.75, 3.05) is 65.6 Å². The molecule has 6 rings (SSSR count). The molecule has 9 N–H and O–H groups in total. The molecule has 2 aliphatic carbocycles. The van der Waals surface area contributed by atoms with E-state index in [0.29, 0.717) is 16.6 Å². The van der Waals surface area contributed by atoms with Gasteiger partial charge >= 0.3 is 29.2 Å². The maximum Gasteiger partial charge on any atom is 0.490 e. The van der Waals surface area contributed by atoms with E-state index in [1.54, 1.807) is 11.9 Å². The normalized spacial score (nSPS) is 21.0. The zero-order valence-corrected chi connectivity index (χ0v) is 41.8. The Kier molecular flexibility index (Phi) is 16.3. The smallest absolute Gasteiger partial charge is 0.387 e. The molecule has 1 fully saturated rings. The van der Waals surface area contributed by atoms with Crippen molar-refractivity contribution in [3.63, 3.8) is 0 Å². The van der Waals surface area contributed by atoms with Gasteiger partial charge in [0.25, 0.3) is 5.91 Å². The lowest BCUT2D eigenvalue weighted by atomic mass is 9.64. The minimum Gasteiger partial charge on any atom is -0.387 e. The van der Waals surface area contributed by atoms with Crippen LogP contribution < -0.4 is 21.6 Å². The maximum absolute atomic E-state index is 14.3. The van der Waals surface area contributed by atoms with Gasteiger partial charge in [-0.1, -0.05) is 50.0 Å². The summed E-state index contributed by atoms with van der Waals surface area (Å²) in [5.41, 5.74) is 13.2. The highest BCUT2D eigenvalue weighted by molar-refractivity contribution is 7.66. The van der Waals surface area contributed by atoms with Crippen LogP contribution in [0.15, 0.2) is 82.8 Å². The number of aliphatic hydroxyl groups excluding tert-OH is 2. The summed E-state index contributed by atoms with van der Waals surface area (Å²) in [5.74, 6) is 4.42. The van der Waals surface area contributed by atoms with Crippen molar-refractivity contribution in [2.24, 2.45) is 0 Å². The number of carbonyl (C=O) groups excluding carboxylic acids is 2. The molecule has 0 spiro atoms. The third-order valence-electron chi connectivity index (χ3n) is 11.6. The number of nitrogens with two attached hydrogens (primary N) is 1. The number of aromatic nitrogens is 2. The van der Waals surface area contributed by atoms with Crippen molar-refractivity contribution in [1.29, 1.82) is 0 Å². The second kappa shape index (κ2) is 21.1. The third-order valence-corrected chi connectivity index (χ3v) is 15.4. The Morgan fingerprint density at radius 3 is 2.36 bits per heavy atom. The van der Waals surface area contributed by atoms with E-state index >= 15 is 0 Å². The third kappa shape index (κ3) is 12.4. The van der Waals surface area contributed by atoms with Gasteiger partial charge in [-0.3, -0.25) is 18.7 Å². The molecule has 3 aliphatic rings. The topological polar surface area (TPSA) is 326 Å². The first-order valence-corrected chi connectivity index (χ1v) is 25.9. The van der Waals surface area contributed by atoms with E-state index in [0.717, 1.165) is 51.0 Å². The molecule has 2 unspecified atom stereocenters. The van der Waals surface area contributed by atoms with Gasteiger partial charge in [0.05, 0.1) is 18.7 Å². The average Bonchev–Trinajstić information content (AvgIpc) is 3.55. The Labute approximate surface area is 402 Å². The van der Waals surface area contributed by atoms with Crippen LogP contribution >= 0.6 is 23.5 Å². The number of amides is 2. The number of nitrogen functional groups attached to an aromatic ring is 1. The monoisotopic (exact) mass is 1030 g/mol. The summed E-state index contributed by atoms with van der Waals surface area (Å²) in [5, 5.41) is 23.8. The number of anilines is 2. The highest BCUT2D eigenvalue weighted by Crippen LogP contribution is 2.66. The summed E-state index contributed by atoms with van der Waals surface area (Å²) in [6.07, 6.45) is 0.653. The van der Waals surface area contributed by atoms with Crippen molar-refractivity contribution >= 4 is 58.1 Å². The number of hydrogen-bond acceptors (Lipinski definition) is 15. The summed E-state index contributed by atoms with van der Waals surface area (Å²) < 4.78 is 54.6. The number of phosphoric acid groups is 3. The van der Waals surface area contributed by atoms with Gasteiger partial charge < -0.3 is 55.4 Å². The van der Waals surface area contributed by atoms with E-state index in [1.807, 2.05) is 52.5 Å². The molecule has 2 heterocycles. The van der Waals surface area contributed by atoms with Crippen molar-refractivity contribution in [1.82, 2.24) is 19.8 Å². The van der Waals surface area contributed by atoms with Gasteiger partial charge in [-0.25, -0.2) is 23.1 Å². The zero-order valence-electron chi connectivity index (χ0n) is 39.1. The minimum atomic E-state index is -5.84. The van der Waals surface area contributed by atoms with Crippen LogP contribution in [0.1, 0.15) is 65.5 Å². The number of aliphatic hydroxyl groups is 2. The summed E-state index contributed by atoms with van der Waals surface area (Å²) in [6.45, 7) is 3.41. The predicted molar refractivity (Wildman–Crippen MR) is 255 cm³/mol. The number of nitrogens with zero attached hydrogens (tertiary/aromatic N) is 5. The summed E-state index contributed by atoms with van der Waals surface area (Å²) in [4.78, 5) is 83.7. The fraction of sp³-hybridized carbons (Fsp3) is 0.386. The van der Waals surface area contributed by atoms with Crippen LogP contribution in [0, 0.1) is 11.8 Å². The summed E-state index contributed by atoms with van der Waals surface area (Å²) in [7, 11) is -7.40. The largest absolute Gasteiger partial charge is 0.490 e. The molecule has 23 nitrogen and oxygen atoms in total. The van der Waals surface area contributed by atoms with Gasteiger partial charge in [0, 0.05) is 69.1 Å². The molecule has 2 aromatic carbocycles.